The van der Waals surface area contributed by atoms with Gasteiger partial charge in [0.25, 0.3) is 5.91 Å². The first-order valence-corrected chi connectivity index (χ1v) is 10.1. The third-order valence-electron chi connectivity index (χ3n) is 5.25. The van der Waals surface area contributed by atoms with Crippen LogP contribution in [0.15, 0.2) is 36.8 Å². The number of hydrogen-bond acceptors (Lipinski definition) is 8. The zero-order valence-electron chi connectivity index (χ0n) is 16.5. The molecule has 9 nitrogen and oxygen atoms in total. The number of nitrogens with zero attached hydrogens (tertiary/aromatic N) is 6. The number of piperazine rings is 1. The summed E-state index contributed by atoms with van der Waals surface area (Å²) in [5.41, 5.74) is 1.41. The number of anilines is 2. The van der Waals surface area contributed by atoms with Crippen molar-refractivity contribution in [3.8, 4) is 0 Å². The highest BCUT2D eigenvalue weighted by Gasteiger charge is 2.24. The Bertz CT molecular complexity index is 773. The normalized spacial score (nSPS) is 17.9. The van der Waals surface area contributed by atoms with E-state index in [1.54, 1.807) is 30.7 Å². The number of amides is 1. The molecule has 154 valence electrons. The number of rotatable bonds is 6. The third-order valence-corrected chi connectivity index (χ3v) is 5.25. The summed E-state index contributed by atoms with van der Waals surface area (Å²) in [6, 6.07) is 5.52. The van der Waals surface area contributed by atoms with Gasteiger partial charge in [0.1, 0.15) is 5.69 Å². The van der Waals surface area contributed by atoms with Crippen LogP contribution in [-0.4, -0.2) is 96.2 Å². The first-order chi connectivity index (χ1) is 14.3. The second kappa shape index (κ2) is 9.62. The molecule has 0 atom stereocenters. The van der Waals surface area contributed by atoms with Gasteiger partial charge >= 0.3 is 0 Å². The molecule has 2 aromatic rings. The molecule has 29 heavy (non-hydrogen) atoms. The molecule has 1 N–H and O–H groups in total. The van der Waals surface area contributed by atoms with E-state index in [0.717, 1.165) is 58.2 Å². The summed E-state index contributed by atoms with van der Waals surface area (Å²) in [6.45, 7) is 8.12. The van der Waals surface area contributed by atoms with Crippen LogP contribution in [0.3, 0.4) is 0 Å². The topological polar surface area (TPSA) is 86.7 Å². The lowest BCUT2D eigenvalue weighted by atomic mass is 10.2. The molecule has 0 radical (unpaired) electrons. The number of aromatic nitrogens is 3. The molecule has 2 aliphatic heterocycles. The third kappa shape index (κ3) is 5.18. The molecule has 1 amide bonds. The fourth-order valence-corrected chi connectivity index (χ4v) is 3.53. The van der Waals surface area contributed by atoms with Crippen LogP contribution in [0.1, 0.15) is 10.5 Å². The van der Waals surface area contributed by atoms with E-state index in [4.69, 9.17) is 4.74 Å². The molecule has 0 unspecified atom stereocenters. The Balaban J connectivity index is 1.24. The molecule has 2 aliphatic rings. The predicted octanol–water partition coefficient (Wildman–Crippen LogP) is 0.578. The summed E-state index contributed by atoms with van der Waals surface area (Å²) in [7, 11) is 0. The maximum atomic E-state index is 12.7. The lowest BCUT2D eigenvalue weighted by Crippen LogP contribution is -2.49. The average Bonchev–Trinajstić information content (AvgIpc) is 2.80. The van der Waals surface area contributed by atoms with E-state index in [9.17, 15) is 4.79 Å². The molecule has 0 spiro atoms. The van der Waals surface area contributed by atoms with Crippen LogP contribution in [-0.2, 0) is 4.74 Å². The van der Waals surface area contributed by atoms with E-state index in [1.165, 1.54) is 0 Å². The monoisotopic (exact) mass is 397 g/mol. The van der Waals surface area contributed by atoms with Crippen molar-refractivity contribution in [3.05, 3.63) is 42.5 Å². The van der Waals surface area contributed by atoms with Crippen molar-refractivity contribution in [1.82, 2.24) is 24.8 Å². The van der Waals surface area contributed by atoms with Gasteiger partial charge in [-0.05, 0) is 18.2 Å². The van der Waals surface area contributed by atoms with Gasteiger partial charge in [-0.3, -0.25) is 9.69 Å². The summed E-state index contributed by atoms with van der Waals surface area (Å²) in [5.74, 6) is 0.684. The van der Waals surface area contributed by atoms with Gasteiger partial charge < -0.3 is 19.9 Å². The van der Waals surface area contributed by atoms with Crippen LogP contribution < -0.4 is 10.2 Å². The number of pyridine rings is 1. The van der Waals surface area contributed by atoms with E-state index in [-0.39, 0.29) is 5.91 Å². The van der Waals surface area contributed by atoms with Crippen LogP contribution in [0, 0.1) is 0 Å². The van der Waals surface area contributed by atoms with Crippen molar-refractivity contribution in [2.24, 2.45) is 0 Å². The number of carbonyl (C=O) groups is 1. The van der Waals surface area contributed by atoms with Gasteiger partial charge in [-0.1, -0.05) is 0 Å². The standard InChI is InChI=1S/C20H27N7O2/c28-19(26-8-10-27(11-9-26)20-22-4-1-5-23-20)18-3-2-17(16-24-18)21-6-7-25-12-14-29-15-13-25/h1-5,16,21H,6-15H2. The Hall–Kier alpha value is -2.78. The van der Waals surface area contributed by atoms with E-state index in [0.29, 0.717) is 24.7 Å². The number of ether oxygens (including phenoxy) is 1. The van der Waals surface area contributed by atoms with E-state index < -0.39 is 0 Å². The molecule has 2 saturated heterocycles. The molecule has 0 aliphatic carbocycles. The largest absolute Gasteiger partial charge is 0.383 e. The molecule has 9 heteroatoms. The fraction of sp³-hybridized carbons (Fsp3) is 0.500. The van der Waals surface area contributed by atoms with Crippen molar-refractivity contribution in [1.29, 1.82) is 0 Å². The molecule has 0 saturated carbocycles. The lowest BCUT2D eigenvalue weighted by molar-refractivity contribution is 0.0398. The van der Waals surface area contributed by atoms with E-state index in [1.807, 2.05) is 11.0 Å². The molecule has 0 aromatic carbocycles. The van der Waals surface area contributed by atoms with Crippen LogP contribution >= 0.6 is 0 Å². The van der Waals surface area contributed by atoms with Gasteiger partial charge in [0.2, 0.25) is 5.95 Å². The van der Waals surface area contributed by atoms with Crippen LogP contribution in [0.4, 0.5) is 11.6 Å². The summed E-state index contributed by atoms with van der Waals surface area (Å²) in [4.78, 5) is 32.0. The Morgan fingerprint density at radius 1 is 1.00 bits per heavy atom. The van der Waals surface area contributed by atoms with Crippen LogP contribution in [0.2, 0.25) is 0 Å². The minimum Gasteiger partial charge on any atom is -0.383 e. The Kier molecular flexibility index (Phi) is 6.48. The highest BCUT2D eigenvalue weighted by atomic mass is 16.5. The number of nitrogens with one attached hydrogen (secondary N) is 1. The number of carbonyl (C=O) groups excluding carboxylic acids is 1. The van der Waals surface area contributed by atoms with Crippen molar-refractivity contribution < 1.29 is 9.53 Å². The van der Waals surface area contributed by atoms with Gasteiger partial charge in [0.15, 0.2) is 0 Å². The number of morpholine rings is 1. The second-order valence-corrected chi connectivity index (χ2v) is 7.14. The van der Waals surface area contributed by atoms with Gasteiger partial charge in [0, 0.05) is 64.8 Å². The Morgan fingerprint density at radius 2 is 1.76 bits per heavy atom. The van der Waals surface area contributed by atoms with Crippen molar-refractivity contribution in [3.63, 3.8) is 0 Å². The van der Waals surface area contributed by atoms with Crippen LogP contribution in [0.25, 0.3) is 0 Å². The first-order valence-electron chi connectivity index (χ1n) is 10.1. The zero-order valence-corrected chi connectivity index (χ0v) is 16.5. The summed E-state index contributed by atoms with van der Waals surface area (Å²) < 4.78 is 5.36. The van der Waals surface area contributed by atoms with Crippen molar-refractivity contribution in [2.75, 3.05) is 75.8 Å². The average molecular weight is 397 g/mol. The minimum absolute atomic E-state index is 0.0292. The molecular formula is C20H27N7O2. The first kappa shape index (κ1) is 19.5. The van der Waals surface area contributed by atoms with Crippen molar-refractivity contribution in [2.45, 2.75) is 0 Å². The Morgan fingerprint density at radius 3 is 2.45 bits per heavy atom. The van der Waals surface area contributed by atoms with Crippen LogP contribution in [0.5, 0.6) is 0 Å². The molecular weight excluding hydrogens is 370 g/mol. The van der Waals surface area contributed by atoms with Gasteiger partial charge in [0.05, 0.1) is 25.1 Å². The summed E-state index contributed by atoms with van der Waals surface area (Å²) >= 11 is 0. The highest BCUT2D eigenvalue weighted by molar-refractivity contribution is 5.92. The smallest absolute Gasteiger partial charge is 0.272 e. The van der Waals surface area contributed by atoms with Crippen molar-refractivity contribution >= 4 is 17.5 Å². The summed E-state index contributed by atoms with van der Waals surface area (Å²) in [6.07, 6.45) is 5.21. The maximum absolute atomic E-state index is 12.7. The van der Waals surface area contributed by atoms with Gasteiger partial charge in [-0.2, -0.15) is 0 Å². The minimum atomic E-state index is -0.0292. The maximum Gasteiger partial charge on any atom is 0.272 e. The highest BCUT2D eigenvalue weighted by Crippen LogP contribution is 2.13. The summed E-state index contributed by atoms with van der Waals surface area (Å²) in [5, 5.41) is 3.37. The molecule has 4 heterocycles. The molecule has 4 rings (SSSR count). The Labute approximate surface area is 170 Å². The molecule has 0 bridgehead atoms. The van der Waals surface area contributed by atoms with Gasteiger partial charge in [-0.15, -0.1) is 0 Å². The fourth-order valence-electron chi connectivity index (χ4n) is 3.53. The number of hydrogen-bond donors (Lipinski definition) is 1. The second-order valence-electron chi connectivity index (χ2n) is 7.14. The van der Waals surface area contributed by atoms with E-state index >= 15 is 0 Å². The zero-order chi connectivity index (χ0) is 19.9. The predicted molar refractivity (Wildman–Crippen MR) is 110 cm³/mol. The van der Waals surface area contributed by atoms with Gasteiger partial charge in [-0.25, -0.2) is 15.0 Å². The SMILES string of the molecule is O=C(c1ccc(NCCN2CCOCC2)cn1)N1CCN(c2ncccn2)CC1. The van der Waals surface area contributed by atoms with E-state index in [2.05, 4.69) is 30.1 Å². The lowest BCUT2D eigenvalue weighted by Gasteiger charge is -2.34. The quantitative estimate of drug-likeness (QED) is 0.758. The molecule has 2 aromatic heterocycles. The molecule has 2 fully saturated rings.